The molecule has 0 saturated carbocycles. The standard InChI is InChI=1S/C19H22O3/c1-4-17-10-18(13-21)12-19(11-17)22-14-16(3)7-5-6-15(2)8-9-20/h1,7-8,10-13,20H,5-6,9,14H2,2-3H3/b15-8+,16-7+. The Hall–Kier alpha value is -2.31. The first-order chi connectivity index (χ1) is 10.6. The minimum absolute atomic E-state index is 0.0855. The van der Waals surface area contributed by atoms with Gasteiger partial charge in [-0.2, -0.15) is 0 Å². The highest BCUT2D eigenvalue weighted by molar-refractivity contribution is 5.76. The van der Waals surface area contributed by atoms with E-state index in [2.05, 4.69) is 12.0 Å². The predicted molar refractivity (Wildman–Crippen MR) is 89.1 cm³/mol. The molecule has 1 rings (SSSR count). The highest BCUT2D eigenvalue weighted by Crippen LogP contribution is 2.17. The Morgan fingerprint density at radius 2 is 2.05 bits per heavy atom. The van der Waals surface area contributed by atoms with Gasteiger partial charge in [-0.3, -0.25) is 4.79 Å². The average Bonchev–Trinajstić information content (AvgIpc) is 2.52. The number of aliphatic hydroxyl groups is 1. The number of aldehydes is 1. The van der Waals surface area contributed by atoms with Gasteiger partial charge in [0.15, 0.2) is 0 Å². The molecule has 0 fully saturated rings. The van der Waals surface area contributed by atoms with Crippen molar-refractivity contribution in [2.24, 2.45) is 0 Å². The molecule has 1 N–H and O–H groups in total. The van der Waals surface area contributed by atoms with Crippen LogP contribution in [0, 0.1) is 12.3 Å². The zero-order valence-electron chi connectivity index (χ0n) is 13.1. The molecule has 0 amide bonds. The van der Waals surface area contributed by atoms with Gasteiger partial charge in [-0.1, -0.05) is 23.6 Å². The molecule has 0 heterocycles. The van der Waals surface area contributed by atoms with E-state index in [1.807, 2.05) is 19.9 Å². The van der Waals surface area contributed by atoms with E-state index >= 15 is 0 Å². The summed E-state index contributed by atoms with van der Waals surface area (Å²) in [6, 6.07) is 5.07. The number of rotatable bonds is 8. The maximum atomic E-state index is 10.9. The summed E-state index contributed by atoms with van der Waals surface area (Å²) in [5.74, 6) is 3.11. The van der Waals surface area contributed by atoms with Crippen LogP contribution in [0.5, 0.6) is 5.75 Å². The maximum Gasteiger partial charge on any atom is 0.150 e. The molecule has 0 aliphatic rings. The normalized spacial score (nSPS) is 11.9. The fourth-order valence-corrected chi connectivity index (χ4v) is 1.92. The topological polar surface area (TPSA) is 46.5 Å². The third-order valence-electron chi connectivity index (χ3n) is 3.17. The number of carbonyl (C=O) groups is 1. The monoisotopic (exact) mass is 298 g/mol. The van der Waals surface area contributed by atoms with Crippen molar-refractivity contribution in [3.05, 3.63) is 52.6 Å². The van der Waals surface area contributed by atoms with Gasteiger partial charge in [0.2, 0.25) is 0 Å². The zero-order valence-corrected chi connectivity index (χ0v) is 13.1. The van der Waals surface area contributed by atoms with Gasteiger partial charge in [-0.15, -0.1) is 6.42 Å². The first-order valence-electron chi connectivity index (χ1n) is 7.21. The Morgan fingerprint density at radius 3 is 2.68 bits per heavy atom. The molecular weight excluding hydrogens is 276 g/mol. The van der Waals surface area contributed by atoms with Crippen molar-refractivity contribution in [3.63, 3.8) is 0 Å². The van der Waals surface area contributed by atoms with Gasteiger partial charge in [-0.25, -0.2) is 0 Å². The zero-order chi connectivity index (χ0) is 16.4. The van der Waals surface area contributed by atoms with Crippen LogP contribution < -0.4 is 4.74 Å². The number of hydrogen-bond acceptors (Lipinski definition) is 3. The van der Waals surface area contributed by atoms with E-state index in [1.54, 1.807) is 18.2 Å². The first-order valence-corrected chi connectivity index (χ1v) is 7.21. The SMILES string of the molecule is C#Cc1cc(C=O)cc(OC/C(C)=C/CC/C(C)=C/CO)c1. The van der Waals surface area contributed by atoms with Crippen LogP contribution in [0.4, 0.5) is 0 Å². The summed E-state index contributed by atoms with van der Waals surface area (Å²) in [4.78, 5) is 10.9. The third kappa shape index (κ3) is 6.43. The third-order valence-corrected chi connectivity index (χ3v) is 3.17. The predicted octanol–water partition coefficient (Wildman–Crippen LogP) is 3.52. The van der Waals surface area contributed by atoms with Gasteiger partial charge < -0.3 is 9.84 Å². The summed E-state index contributed by atoms with van der Waals surface area (Å²) in [6.45, 7) is 4.54. The molecule has 3 heteroatoms. The number of aliphatic hydroxyl groups excluding tert-OH is 1. The second-order valence-electron chi connectivity index (χ2n) is 5.16. The highest BCUT2D eigenvalue weighted by atomic mass is 16.5. The fraction of sp³-hybridized carbons (Fsp3) is 0.316. The molecule has 0 spiro atoms. The molecule has 1 aromatic carbocycles. The van der Waals surface area contributed by atoms with Gasteiger partial charge in [0, 0.05) is 11.1 Å². The lowest BCUT2D eigenvalue weighted by Crippen LogP contribution is -2.00. The Balaban J connectivity index is 2.57. The van der Waals surface area contributed by atoms with Crippen LogP contribution >= 0.6 is 0 Å². The number of ether oxygens (including phenoxy) is 1. The highest BCUT2D eigenvalue weighted by Gasteiger charge is 2.01. The van der Waals surface area contributed by atoms with Crippen LogP contribution in [0.15, 0.2) is 41.5 Å². The van der Waals surface area contributed by atoms with Gasteiger partial charge in [-0.05, 0) is 50.5 Å². The number of benzene rings is 1. The summed E-state index contributed by atoms with van der Waals surface area (Å²) in [5, 5.41) is 8.79. The lowest BCUT2D eigenvalue weighted by atomic mass is 10.1. The van der Waals surface area contributed by atoms with E-state index in [0.717, 1.165) is 24.7 Å². The van der Waals surface area contributed by atoms with Crippen LogP contribution in [0.3, 0.4) is 0 Å². The summed E-state index contributed by atoms with van der Waals surface area (Å²) in [7, 11) is 0. The van der Waals surface area contributed by atoms with Crippen molar-refractivity contribution in [1.82, 2.24) is 0 Å². The number of terminal acetylenes is 1. The van der Waals surface area contributed by atoms with Crippen molar-refractivity contribution in [1.29, 1.82) is 0 Å². The summed E-state index contributed by atoms with van der Waals surface area (Å²) < 4.78 is 5.68. The van der Waals surface area contributed by atoms with Crippen LogP contribution in [-0.2, 0) is 0 Å². The molecule has 0 radical (unpaired) electrons. The Kier molecular flexibility index (Phi) is 7.74. The minimum atomic E-state index is 0.0855. The Morgan fingerprint density at radius 1 is 1.27 bits per heavy atom. The van der Waals surface area contributed by atoms with Crippen molar-refractivity contribution in [2.45, 2.75) is 26.7 Å². The summed E-state index contributed by atoms with van der Waals surface area (Å²) >= 11 is 0. The van der Waals surface area contributed by atoms with Crippen molar-refractivity contribution < 1.29 is 14.6 Å². The smallest absolute Gasteiger partial charge is 0.150 e. The molecule has 22 heavy (non-hydrogen) atoms. The van der Waals surface area contributed by atoms with E-state index in [-0.39, 0.29) is 6.61 Å². The van der Waals surface area contributed by atoms with Crippen molar-refractivity contribution >= 4 is 6.29 Å². The van der Waals surface area contributed by atoms with Crippen LogP contribution in [-0.4, -0.2) is 24.6 Å². The van der Waals surface area contributed by atoms with Crippen molar-refractivity contribution in [3.8, 4) is 18.1 Å². The van der Waals surface area contributed by atoms with Gasteiger partial charge in [0.1, 0.15) is 18.6 Å². The summed E-state index contributed by atoms with van der Waals surface area (Å²) in [6.07, 6.45) is 11.9. The van der Waals surface area contributed by atoms with Crippen LogP contribution in [0.25, 0.3) is 0 Å². The number of hydrogen-bond donors (Lipinski definition) is 1. The summed E-state index contributed by atoms with van der Waals surface area (Å²) in [5.41, 5.74) is 3.42. The van der Waals surface area contributed by atoms with Gasteiger partial charge in [0.05, 0.1) is 6.61 Å². The molecule has 0 unspecified atom stereocenters. The van der Waals surface area contributed by atoms with E-state index < -0.39 is 0 Å². The largest absolute Gasteiger partial charge is 0.489 e. The molecule has 0 atom stereocenters. The second kappa shape index (κ2) is 9.59. The minimum Gasteiger partial charge on any atom is -0.489 e. The van der Waals surface area contributed by atoms with Crippen LogP contribution in [0.1, 0.15) is 42.6 Å². The Labute approximate surface area is 132 Å². The number of allylic oxidation sites excluding steroid dienone is 2. The van der Waals surface area contributed by atoms with Gasteiger partial charge in [0.25, 0.3) is 0 Å². The van der Waals surface area contributed by atoms with E-state index in [1.165, 1.54) is 5.57 Å². The molecule has 1 aromatic rings. The first kappa shape index (κ1) is 17.7. The average molecular weight is 298 g/mol. The Bertz CT molecular complexity index is 604. The second-order valence-corrected chi connectivity index (χ2v) is 5.16. The van der Waals surface area contributed by atoms with E-state index in [0.29, 0.717) is 23.5 Å². The molecule has 0 aliphatic carbocycles. The molecule has 0 saturated heterocycles. The van der Waals surface area contributed by atoms with E-state index in [9.17, 15) is 4.79 Å². The lowest BCUT2D eigenvalue weighted by Gasteiger charge is -2.08. The maximum absolute atomic E-state index is 10.9. The van der Waals surface area contributed by atoms with Gasteiger partial charge >= 0.3 is 0 Å². The molecule has 3 nitrogen and oxygen atoms in total. The fourth-order valence-electron chi connectivity index (χ4n) is 1.92. The van der Waals surface area contributed by atoms with Crippen LogP contribution in [0.2, 0.25) is 0 Å². The number of carbonyl (C=O) groups excluding carboxylic acids is 1. The lowest BCUT2D eigenvalue weighted by molar-refractivity contribution is 0.112. The molecule has 0 bridgehead atoms. The molecular formula is C19H22O3. The van der Waals surface area contributed by atoms with E-state index in [4.69, 9.17) is 16.3 Å². The molecule has 0 aromatic heterocycles. The van der Waals surface area contributed by atoms with Crippen molar-refractivity contribution in [2.75, 3.05) is 13.2 Å². The molecule has 116 valence electrons. The molecule has 0 aliphatic heterocycles. The quantitative estimate of drug-likeness (QED) is 0.454.